The minimum absolute atomic E-state index is 0.388. The van der Waals surface area contributed by atoms with Crippen LogP contribution in [0.4, 0.5) is 0 Å². The van der Waals surface area contributed by atoms with Crippen molar-refractivity contribution >= 4 is 34.0 Å². The summed E-state index contributed by atoms with van der Waals surface area (Å²) in [5.74, 6) is 2.69. The molecule has 1 N–H and O–H groups in total. The van der Waals surface area contributed by atoms with Crippen LogP contribution in [0, 0.1) is 17.8 Å². The van der Waals surface area contributed by atoms with E-state index in [4.69, 9.17) is 0 Å². The van der Waals surface area contributed by atoms with Crippen molar-refractivity contribution in [1.29, 1.82) is 0 Å². The van der Waals surface area contributed by atoms with Gasteiger partial charge in [-0.1, -0.05) is 33.8 Å². The average Bonchev–Trinajstić information content (AvgIpc) is 3.47. The van der Waals surface area contributed by atoms with Gasteiger partial charge in [-0.15, -0.1) is 34.0 Å². The van der Waals surface area contributed by atoms with E-state index in [2.05, 4.69) is 60.9 Å². The standard InChI is InChI=1S/C24H29NS3.C2H6/c1-16-10-18-11-17(2)13-24(12-16,14-18)25-15-19-5-6-22(27-19)23-8-7-21(28-23)20-4-3-9-26-20;1-2/h3-9,16-18,25H,10-15H2,1-2H3;1-2H3. The summed E-state index contributed by atoms with van der Waals surface area (Å²) in [6.07, 6.45) is 7.01. The second kappa shape index (κ2) is 9.68. The summed E-state index contributed by atoms with van der Waals surface area (Å²) in [5, 5.41) is 6.21. The van der Waals surface area contributed by atoms with Crippen LogP contribution in [-0.2, 0) is 6.54 Å². The third-order valence-corrected chi connectivity index (χ3v) is 9.97. The molecular weight excluding hydrogens is 422 g/mol. The van der Waals surface area contributed by atoms with Gasteiger partial charge in [-0.2, -0.15) is 0 Å². The van der Waals surface area contributed by atoms with Gasteiger partial charge in [0.2, 0.25) is 0 Å². The molecule has 0 saturated heterocycles. The van der Waals surface area contributed by atoms with Crippen LogP contribution in [0.5, 0.6) is 0 Å². The van der Waals surface area contributed by atoms with E-state index in [1.165, 1.54) is 56.5 Å². The van der Waals surface area contributed by atoms with E-state index in [1.54, 1.807) is 0 Å². The van der Waals surface area contributed by atoms with Crippen molar-refractivity contribution in [2.24, 2.45) is 17.8 Å². The van der Waals surface area contributed by atoms with Gasteiger partial charge >= 0.3 is 0 Å². The van der Waals surface area contributed by atoms with Crippen molar-refractivity contribution in [2.75, 3.05) is 0 Å². The minimum atomic E-state index is 0.388. The highest BCUT2D eigenvalue weighted by atomic mass is 32.1. The van der Waals surface area contributed by atoms with E-state index in [0.717, 1.165) is 24.3 Å². The Hall–Kier alpha value is -0.940. The molecule has 3 aromatic heterocycles. The number of hydrogen-bond donors (Lipinski definition) is 1. The molecular formula is C26H35NS3. The minimum Gasteiger partial charge on any atom is -0.306 e. The number of nitrogens with one attached hydrogen (secondary N) is 1. The lowest BCUT2D eigenvalue weighted by atomic mass is 9.61. The number of rotatable bonds is 5. The zero-order valence-corrected chi connectivity index (χ0v) is 21.2. The monoisotopic (exact) mass is 457 g/mol. The first-order chi connectivity index (χ1) is 14.6. The van der Waals surface area contributed by atoms with Gasteiger partial charge in [-0.25, -0.2) is 0 Å². The molecule has 0 spiro atoms. The molecule has 0 amide bonds. The maximum atomic E-state index is 4.05. The normalized spacial score (nSPS) is 28.1. The van der Waals surface area contributed by atoms with Crippen LogP contribution in [0.3, 0.4) is 0 Å². The molecule has 162 valence electrons. The van der Waals surface area contributed by atoms with E-state index >= 15 is 0 Å². The Morgan fingerprint density at radius 1 is 0.833 bits per heavy atom. The van der Waals surface area contributed by atoms with Crippen molar-refractivity contribution in [3.63, 3.8) is 0 Å². The van der Waals surface area contributed by atoms with Gasteiger partial charge in [0.1, 0.15) is 0 Å². The average molecular weight is 458 g/mol. The van der Waals surface area contributed by atoms with Gasteiger partial charge in [-0.3, -0.25) is 0 Å². The van der Waals surface area contributed by atoms with Gasteiger partial charge in [0.25, 0.3) is 0 Å². The summed E-state index contributed by atoms with van der Waals surface area (Å²) in [7, 11) is 0. The zero-order valence-electron chi connectivity index (χ0n) is 18.7. The summed E-state index contributed by atoms with van der Waals surface area (Å²) in [4.78, 5) is 7.05. The van der Waals surface area contributed by atoms with Crippen LogP contribution in [0.25, 0.3) is 19.5 Å². The van der Waals surface area contributed by atoms with Crippen LogP contribution in [0.2, 0.25) is 0 Å². The predicted octanol–water partition coefficient (Wildman–Crippen LogP) is 8.93. The van der Waals surface area contributed by atoms with Crippen molar-refractivity contribution in [1.82, 2.24) is 5.32 Å². The summed E-state index contributed by atoms with van der Waals surface area (Å²) >= 11 is 5.71. The maximum Gasteiger partial charge on any atom is 0.0449 e. The second-order valence-corrected chi connectivity index (χ2v) is 12.4. The van der Waals surface area contributed by atoms with Crippen LogP contribution in [0.1, 0.15) is 64.7 Å². The predicted molar refractivity (Wildman–Crippen MR) is 137 cm³/mol. The zero-order chi connectivity index (χ0) is 21.1. The van der Waals surface area contributed by atoms with Crippen molar-refractivity contribution in [2.45, 2.75) is 71.9 Å². The molecule has 2 fully saturated rings. The van der Waals surface area contributed by atoms with Crippen molar-refractivity contribution < 1.29 is 0 Å². The van der Waals surface area contributed by atoms with E-state index in [-0.39, 0.29) is 0 Å². The maximum absolute atomic E-state index is 4.05. The van der Waals surface area contributed by atoms with E-state index in [9.17, 15) is 0 Å². The molecule has 2 atom stereocenters. The molecule has 3 heterocycles. The molecule has 3 aromatic rings. The smallest absolute Gasteiger partial charge is 0.0449 e. The fourth-order valence-electron chi connectivity index (χ4n) is 5.82. The quantitative estimate of drug-likeness (QED) is 0.403. The number of hydrogen-bond acceptors (Lipinski definition) is 4. The fourth-order valence-corrected chi connectivity index (χ4v) is 8.70. The molecule has 1 nitrogen and oxygen atoms in total. The Morgan fingerprint density at radius 2 is 1.47 bits per heavy atom. The van der Waals surface area contributed by atoms with Crippen LogP contribution in [0.15, 0.2) is 41.8 Å². The molecule has 2 bridgehead atoms. The largest absolute Gasteiger partial charge is 0.306 e. The first-order valence-electron chi connectivity index (χ1n) is 11.6. The highest BCUT2D eigenvalue weighted by molar-refractivity contribution is 7.26. The Bertz CT molecular complexity index is 900. The molecule has 2 unspecified atom stereocenters. The molecule has 2 aliphatic carbocycles. The van der Waals surface area contributed by atoms with Gasteiger partial charge in [0.15, 0.2) is 0 Å². The Morgan fingerprint density at radius 3 is 2.13 bits per heavy atom. The highest BCUT2D eigenvalue weighted by Gasteiger charge is 2.43. The van der Waals surface area contributed by atoms with Gasteiger partial charge in [-0.05, 0) is 85.6 Å². The molecule has 30 heavy (non-hydrogen) atoms. The Kier molecular flexibility index (Phi) is 7.19. The third-order valence-electron chi connectivity index (χ3n) is 6.54. The molecule has 0 aromatic carbocycles. The topological polar surface area (TPSA) is 12.0 Å². The lowest BCUT2D eigenvalue weighted by molar-refractivity contribution is 0.0544. The van der Waals surface area contributed by atoms with Crippen LogP contribution < -0.4 is 5.32 Å². The van der Waals surface area contributed by atoms with Gasteiger partial charge in [0, 0.05) is 36.5 Å². The van der Waals surface area contributed by atoms with E-state index in [1.807, 2.05) is 47.9 Å². The molecule has 4 heteroatoms. The lowest BCUT2D eigenvalue weighted by Crippen LogP contribution is -2.53. The molecule has 5 rings (SSSR count). The van der Waals surface area contributed by atoms with E-state index < -0.39 is 0 Å². The first kappa shape index (κ1) is 22.3. The van der Waals surface area contributed by atoms with Gasteiger partial charge < -0.3 is 5.32 Å². The van der Waals surface area contributed by atoms with Crippen LogP contribution >= 0.6 is 34.0 Å². The Labute approximate surface area is 194 Å². The molecule has 0 radical (unpaired) electrons. The number of thiophene rings is 3. The Balaban J connectivity index is 0.00000106. The molecule has 2 saturated carbocycles. The SMILES string of the molecule is CC.CC1CC2CC(C)CC(NCc3ccc(-c4ccc(-c5cccs5)s4)s3)(C1)C2. The fraction of sp³-hybridized carbons (Fsp3) is 0.538. The third kappa shape index (κ3) is 4.93. The summed E-state index contributed by atoms with van der Waals surface area (Å²) < 4.78 is 0. The van der Waals surface area contributed by atoms with E-state index in [0.29, 0.717) is 5.54 Å². The highest BCUT2D eigenvalue weighted by Crippen LogP contribution is 2.47. The summed E-state index contributed by atoms with van der Waals surface area (Å²) in [6, 6.07) is 13.6. The number of fused-ring (bicyclic) bond motifs is 2. The summed E-state index contributed by atoms with van der Waals surface area (Å²) in [6.45, 7) is 9.95. The molecule has 2 aliphatic rings. The van der Waals surface area contributed by atoms with Crippen LogP contribution in [-0.4, -0.2) is 5.54 Å². The van der Waals surface area contributed by atoms with Crippen molar-refractivity contribution in [3.05, 3.63) is 46.7 Å². The first-order valence-corrected chi connectivity index (χ1v) is 14.1. The summed E-state index contributed by atoms with van der Waals surface area (Å²) in [5.41, 5.74) is 0.388. The second-order valence-electron chi connectivity index (χ2n) is 9.20. The lowest BCUT2D eigenvalue weighted by Gasteiger charge is -2.50. The van der Waals surface area contributed by atoms with Gasteiger partial charge in [0.05, 0.1) is 0 Å². The van der Waals surface area contributed by atoms with Crippen molar-refractivity contribution in [3.8, 4) is 19.5 Å². The molecule has 0 aliphatic heterocycles.